The summed E-state index contributed by atoms with van der Waals surface area (Å²) >= 11 is 0. The molecule has 3 nitrogen and oxygen atoms in total. The Morgan fingerprint density at radius 1 is 1.14 bits per heavy atom. The predicted octanol–water partition coefficient (Wildman–Crippen LogP) is 1.50. The molecule has 14 heavy (non-hydrogen) atoms. The van der Waals surface area contributed by atoms with Gasteiger partial charge in [0.1, 0.15) is 0 Å². The second-order valence-electron chi connectivity index (χ2n) is 5.09. The van der Waals surface area contributed by atoms with Gasteiger partial charge in [0, 0.05) is 12.1 Å². The van der Waals surface area contributed by atoms with Crippen LogP contribution in [0.3, 0.4) is 0 Å². The highest BCUT2D eigenvalue weighted by molar-refractivity contribution is 4.74. The average molecular weight is 202 g/mol. The zero-order valence-electron chi connectivity index (χ0n) is 10.2. The van der Waals surface area contributed by atoms with Crippen LogP contribution in [0, 0.1) is 5.92 Å². The van der Waals surface area contributed by atoms with Crippen molar-refractivity contribution < 1.29 is 4.74 Å². The topological polar surface area (TPSA) is 61.3 Å². The Morgan fingerprint density at radius 3 is 2.00 bits per heavy atom. The first-order valence-corrected chi connectivity index (χ1v) is 5.39. The number of hydrogen-bond donors (Lipinski definition) is 2. The van der Waals surface area contributed by atoms with E-state index < -0.39 is 0 Å². The third kappa shape index (κ3) is 6.35. The van der Waals surface area contributed by atoms with Gasteiger partial charge in [-0.25, -0.2) is 0 Å². The summed E-state index contributed by atoms with van der Waals surface area (Å²) in [5.41, 5.74) is 11.4. The summed E-state index contributed by atoms with van der Waals surface area (Å²) in [5, 5.41) is 0. The van der Waals surface area contributed by atoms with Crippen molar-refractivity contribution in [2.45, 2.75) is 58.7 Å². The molecule has 0 aromatic heterocycles. The van der Waals surface area contributed by atoms with Crippen molar-refractivity contribution in [3.63, 3.8) is 0 Å². The molecule has 0 aliphatic rings. The molecule has 0 aliphatic carbocycles. The van der Waals surface area contributed by atoms with Crippen molar-refractivity contribution in [2.75, 3.05) is 6.61 Å². The van der Waals surface area contributed by atoms with E-state index in [9.17, 15) is 0 Å². The lowest BCUT2D eigenvalue weighted by Crippen LogP contribution is -2.36. The molecule has 0 aliphatic heterocycles. The average Bonchev–Trinajstić information content (AvgIpc) is 1.97. The first-order chi connectivity index (χ1) is 6.24. The van der Waals surface area contributed by atoms with E-state index in [0.29, 0.717) is 12.5 Å². The van der Waals surface area contributed by atoms with Crippen LogP contribution in [0.5, 0.6) is 0 Å². The molecule has 3 heteroatoms. The Hall–Kier alpha value is -0.120. The summed E-state index contributed by atoms with van der Waals surface area (Å²) in [6.45, 7) is 11.0. The monoisotopic (exact) mass is 202 g/mol. The summed E-state index contributed by atoms with van der Waals surface area (Å²) in [7, 11) is 0. The third-order valence-corrected chi connectivity index (χ3v) is 2.45. The number of rotatable bonds is 6. The zero-order chi connectivity index (χ0) is 11.4. The normalized spacial score (nSPS) is 19.1. The lowest BCUT2D eigenvalue weighted by Gasteiger charge is -2.29. The van der Waals surface area contributed by atoms with Gasteiger partial charge in [-0.15, -0.1) is 0 Å². The van der Waals surface area contributed by atoms with E-state index in [2.05, 4.69) is 20.8 Å². The van der Waals surface area contributed by atoms with Crippen molar-refractivity contribution in [1.29, 1.82) is 0 Å². The standard InChI is InChI=1S/C11H26N2O/c1-8(10(3)13)7-14-11(4,5)6-9(2)12/h8-10H,6-7,12-13H2,1-5H3. The minimum Gasteiger partial charge on any atom is -0.375 e. The summed E-state index contributed by atoms with van der Waals surface area (Å²) in [6.07, 6.45) is 0.874. The first-order valence-electron chi connectivity index (χ1n) is 5.39. The fraction of sp³-hybridized carbons (Fsp3) is 1.00. The van der Waals surface area contributed by atoms with Gasteiger partial charge in [-0.2, -0.15) is 0 Å². The van der Waals surface area contributed by atoms with Gasteiger partial charge < -0.3 is 16.2 Å². The zero-order valence-corrected chi connectivity index (χ0v) is 10.2. The molecular formula is C11H26N2O. The molecule has 0 rings (SSSR count). The van der Waals surface area contributed by atoms with Crippen LogP contribution in [0.2, 0.25) is 0 Å². The van der Waals surface area contributed by atoms with Crippen LogP contribution in [0.25, 0.3) is 0 Å². The molecule has 0 aromatic rings. The Balaban J connectivity index is 3.86. The molecule has 0 aromatic carbocycles. The maximum Gasteiger partial charge on any atom is 0.0641 e. The summed E-state index contributed by atoms with van der Waals surface area (Å²) in [5.74, 6) is 0.391. The van der Waals surface area contributed by atoms with Crippen molar-refractivity contribution in [1.82, 2.24) is 0 Å². The Labute approximate surface area is 88.2 Å². The number of hydrogen-bond acceptors (Lipinski definition) is 3. The van der Waals surface area contributed by atoms with Crippen molar-refractivity contribution in [3.05, 3.63) is 0 Å². The van der Waals surface area contributed by atoms with E-state index in [0.717, 1.165) is 6.42 Å². The maximum absolute atomic E-state index is 5.80. The maximum atomic E-state index is 5.80. The molecule has 0 radical (unpaired) electrons. The summed E-state index contributed by atoms with van der Waals surface area (Å²) < 4.78 is 5.80. The minimum absolute atomic E-state index is 0.142. The molecule has 0 fully saturated rings. The Bertz CT molecular complexity index is 155. The van der Waals surface area contributed by atoms with E-state index in [1.807, 2.05) is 13.8 Å². The fourth-order valence-electron chi connectivity index (χ4n) is 1.34. The van der Waals surface area contributed by atoms with E-state index in [-0.39, 0.29) is 17.7 Å². The fourth-order valence-corrected chi connectivity index (χ4v) is 1.34. The highest BCUT2D eigenvalue weighted by atomic mass is 16.5. The van der Waals surface area contributed by atoms with Gasteiger partial charge in [-0.05, 0) is 40.0 Å². The minimum atomic E-state index is -0.142. The molecule has 0 amide bonds. The van der Waals surface area contributed by atoms with Crippen LogP contribution in [0.1, 0.15) is 41.0 Å². The quantitative estimate of drug-likeness (QED) is 0.686. The van der Waals surface area contributed by atoms with Crippen LogP contribution in [-0.2, 0) is 4.74 Å². The number of ether oxygens (including phenoxy) is 1. The van der Waals surface area contributed by atoms with Crippen LogP contribution in [-0.4, -0.2) is 24.3 Å². The van der Waals surface area contributed by atoms with Crippen LogP contribution < -0.4 is 11.5 Å². The van der Waals surface area contributed by atoms with Gasteiger partial charge in [0.2, 0.25) is 0 Å². The predicted molar refractivity (Wildman–Crippen MR) is 61.1 cm³/mol. The van der Waals surface area contributed by atoms with Crippen molar-refractivity contribution in [2.24, 2.45) is 17.4 Å². The van der Waals surface area contributed by atoms with Gasteiger partial charge >= 0.3 is 0 Å². The second-order valence-corrected chi connectivity index (χ2v) is 5.09. The molecule has 3 unspecified atom stereocenters. The van der Waals surface area contributed by atoms with Crippen LogP contribution in [0.4, 0.5) is 0 Å². The first kappa shape index (κ1) is 13.9. The van der Waals surface area contributed by atoms with E-state index in [4.69, 9.17) is 16.2 Å². The SMILES string of the molecule is CC(N)CC(C)(C)OCC(C)C(C)N. The van der Waals surface area contributed by atoms with Crippen molar-refractivity contribution in [3.8, 4) is 0 Å². The molecule has 0 saturated heterocycles. The molecule has 3 atom stereocenters. The van der Waals surface area contributed by atoms with E-state index in [1.54, 1.807) is 0 Å². The van der Waals surface area contributed by atoms with Crippen LogP contribution in [0.15, 0.2) is 0 Å². The Morgan fingerprint density at radius 2 is 1.64 bits per heavy atom. The molecule has 0 saturated carbocycles. The molecule has 86 valence electrons. The second kappa shape index (κ2) is 5.69. The molecular weight excluding hydrogens is 176 g/mol. The molecule has 0 spiro atoms. The van der Waals surface area contributed by atoms with Gasteiger partial charge in [-0.1, -0.05) is 6.92 Å². The molecule has 0 bridgehead atoms. The highest BCUT2D eigenvalue weighted by Gasteiger charge is 2.21. The molecule has 0 heterocycles. The van der Waals surface area contributed by atoms with Gasteiger partial charge in [-0.3, -0.25) is 0 Å². The highest BCUT2D eigenvalue weighted by Crippen LogP contribution is 2.17. The van der Waals surface area contributed by atoms with Gasteiger partial charge in [0.15, 0.2) is 0 Å². The lowest BCUT2D eigenvalue weighted by atomic mass is 9.99. The van der Waals surface area contributed by atoms with E-state index >= 15 is 0 Å². The Kier molecular flexibility index (Phi) is 5.64. The summed E-state index contributed by atoms with van der Waals surface area (Å²) in [4.78, 5) is 0. The van der Waals surface area contributed by atoms with Gasteiger partial charge in [0.25, 0.3) is 0 Å². The number of nitrogens with two attached hydrogens (primary N) is 2. The lowest BCUT2D eigenvalue weighted by molar-refractivity contribution is -0.0434. The van der Waals surface area contributed by atoms with Gasteiger partial charge in [0.05, 0.1) is 12.2 Å². The smallest absolute Gasteiger partial charge is 0.0641 e. The summed E-state index contributed by atoms with van der Waals surface area (Å²) in [6, 6.07) is 0.358. The molecule has 4 N–H and O–H groups in total. The van der Waals surface area contributed by atoms with Crippen molar-refractivity contribution >= 4 is 0 Å². The largest absolute Gasteiger partial charge is 0.375 e. The third-order valence-electron chi connectivity index (χ3n) is 2.45. The van der Waals surface area contributed by atoms with Crippen LogP contribution >= 0.6 is 0 Å². The van der Waals surface area contributed by atoms with E-state index in [1.165, 1.54) is 0 Å².